The van der Waals surface area contributed by atoms with Crippen molar-refractivity contribution >= 4 is 58.1 Å². The first-order valence-corrected chi connectivity index (χ1v) is 15.4. The van der Waals surface area contributed by atoms with Crippen LogP contribution in [-0.4, -0.2) is 115 Å². The van der Waals surface area contributed by atoms with E-state index in [0.29, 0.717) is 34.6 Å². The van der Waals surface area contributed by atoms with Crippen molar-refractivity contribution in [3.63, 3.8) is 0 Å². The maximum absolute atomic E-state index is 13.2. The molecule has 0 bridgehead atoms. The molecule has 14 nitrogen and oxygen atoms in total. The number of fused-ring (bicyclic) bond motifs is 1. The van der Waals surface area contributed by atoms with Crippen molar-refractivity contribution in [1.29, 1.82) is 0 Å². The molecular formula is C35H39N5O9. The van der Waals surface area contributed by atoms with Crippen molar-refractivity contribution in [3.05, 3.63) is 89.5 Å². The third-order valence-corrected chi connectivity index (χ3v) is 8.00. The van der Waals surface area contributed by atoms with Crippen molar-refractivity contribution < 1.29 is 44.0 Å². The number of likely N-dealkylation sites (N-methyl/N-ethyl adjacent to an activating group) is 2. The SMILES string of the molecule is COC(=O)c1ccc2c(c1)NC(=O)/C2=C(\Nc1ccc(N(C)C(=O)CN2CCN(C)CC2)cc1)c1ccccc1.O=C(O)CC(O)C(=O)O. The number of benzene rings is 3. The minimum atomic E-state index is -1.79. The van der Waals surface area contributed by atoms with E-state index in [2.05, 4.69) is 27.5 Å². The first-order chi connectivity index (χ1) is 23.4. The molecule has 0 saturated carbocycles. The molecule has 2 aliphatic rings. The van der Waals surface area contributed by atoms with E-state index in [1.54, 1.807) is 30.1 Å². The number of anilines is 3. The topological polar surface area (TPSA) is 189 Å². The Labute approximate surface area is 283 Å². The van der Waals surface area contributed by atoms with Crippen LogP contribution in [0.5, 0.6) is 0 Å². The van der Waals surface area contributed by atoms with Gasteiger partial charge >= 0.3 is 17.9 Å². The lowest BCUT2D eigenvalue weighted by molar-refractivity contribution is -0.152. The number of piperazine rings is 1. The van der Waals surface area contributed by atoms with Gasteiger partial charge in [0.2, 0.25) is 5.91 Å². The maximum Gasteiger partial charge on any atom is 0.337 e. The molecule has 258 valence electrons. The van der Waals surface area contributed by atoms with Crippen LogP contribution in [-0.2, 0) is 23.9 Å². The average Bonchev–Trinajstić information content (AvgIpc) is 3.42. The van der Waals surface area contributed by atoms with E-state index in [0.717, 1.165) is 43.1 Å². The highest BCUT2D eigenvalue weighted by atomic mass is 16.5. The highest BCUT2D eigenvalue weighted by Gasteiger charge is 2.29. The second-order valence-corrected chi connectivity index (χ2v) is 11.5. The molecule has 1 unspecified atom stereocenters. The van der Waals surface area contributed by atoms with Gasteiger partial charge in [-0.15, -0.1) is 0 Å². The second-order valence-electron chi connectivity index (χ2n) is 11.5. The van der Waals surface area contributed by atoms with Gasteiger partial charge in [-0.3, -0.25) is 19.3 Å². The number of methoxy groups -OCH3 is 1. The Morgan fingerprint density at radius 1 is 0.939 bits per heavy atom. The van der Waals surface area contributed by atoms with E-state index in [9.17, 15) is 24.0 Å². The van der Waals surface area contributed by atoms with Gasteiger partial charge in [-0.25, -0.2) is 9.59 Å². The Balaban J connectivity index is 0.000000529. The summed E-state index contributed by atoms with van der Waals surface area (Å²) >= 11 is 0. The molecule has 3 aromatic rings. The molecule has 0 radical (unpaired) electrons. The van der Waals surface area contributed by atoms with Crippen LogP contribution in [0.3, 0.4) is 0 Å². The fourth-order valence-corrected chi connectivity index (χ4v) is 5.16. The second kappa shape index (κ2) is 16.5. The number of carbonyl (C=O) groups excluding carboxylic acids is 3. The van der Waals surface area contributed by atoms with Gasteiger partial charge in [-0.2, -0.15) is 0 Å². The van der Waals surface area contributed by atoms with Crippen molar-refractivity contribution in [2.45, 2.75) is 12.5 Å². The van der Waals surface area contributed by atoms with E-state index in [1.165, 1.54) is 7.11 Å². The molecular weight excluding hydrogens is 634 g/mol. The molecule has 2 amide bonds. The third-order valence-electron chi connectivity index (χ3n) is 8.00. The van der Waals surface area contributed by atoms with E-state index in [1.807, 2.05) is 54.6 Å². The molecule has 2 aliphatic heterocycles. The predicted octanol–water partition coefficient (Wildman–Crippen LogP) is 2.52. The molecule has 0 spiro atoms. The summed E-state index contributed by atoms with van der Waals surface area (Å²) in [6.45, 7) is 4.09. The Morgan fingerprint density at radius 3 is 2.16 bits per heavy atom. The Morgan fingerprint density at radius 2 is 1.59 bits per heavy atom. The van der Waals surface area contributed by atoms with Crippen molar-refractivity contribution in [3.8, 4) is 0 Å². The minimum Gasteiger partial charge on any atom is -0.481 e. The van der Waals surface area contributed by atoms with Crippen molar-refractivity contribution in [2.75, 3.05) is 69.5 Å². The smallest absolute Gasteiger partial charge is 0.337 e. The van der Waals surface area contributed by atoms with Crippen LogP contribution >= 0.6 is 0 Å². The molecule has 1 saturated heterocycles. The number of carbonyl (C=O) groups is 5. The number of nitrogens with one attached hydrogen (secondary N) is 2. The Kier molecular flexibility index (Phi) is 12.2. The highest BCUT2D eigenvalue weighted by Crippen LogP contribution is 2.38. The molecule has 2 heterocycles. The van der Waals surface area contributed by atoms with Gasteiger partial charge in [-0.1, -0.05) is 36.4 Å². The number of hydrogen-bond acceptors (Lipinski definition) is 10. The summed E-state index contributed by atoms with van der Waals surface area (Å²) in [7, 11) is 5.21. The molecule has 14 heteroatoms. The number of aliphatic carboxylic acids is 2. The summed E-state index contributed by atoms with van der Waals surface area (Å²) in [6.07, 6.45) is -2.54. The molecule has 0 aromatic heterocycles. The number of aliphatic hydroxyl groups is 1. The summed E-state index contributed by atoms with van der Waals surface area (Å²) in [4.78, 5) is 63.7. The number of aliphatic hydroxyl groups excluding tert-OH is 1. The number of carboxylic acids is 2. The number of esters is 1. The van der Waals surface area contributed by atoms with E-state index in [4.69, 9.17) is 20.1 Å². The number of hydrogen-bond donors (Lipinski definition) is 5. The van der Waals surface area contributed by atoms with E-state index >= 15 is 0 Å². The number of carboxylic acid groups (broad SMARTS) is 2. The van der Waals surface area contributed by atoms with Crippen LogP contribution < -0.4 is 15.5 Å². The monoisotopic (exact) mass is 673 g/mol. The number of nitrogens with zero attached hydrogens (tertiary/aromatic N) is 3. The number of rotatable bonds is 10. The van der Waals surface area contributed by atoms with Gasteiger partial charge in [0.1, 0.15) is 0 Å². The van der Waals surface area contributed by atoms with Crippen molar-refractivity contribution in [1.82, 2.24) is 9.80 Å². The van der Waals surface area contributed by atoms with Gasteiger partial charge in [0.05, 0.1) is 42.6 Å². The summed E-state index contributed by atoms with van der Waals surface area (Å²) in [5.74, 6) is -3.54. The first-order valence-electron chi connectivity index (χ1n) is 15.4. The normalized spacial score (nSPS) is 15.9. The molecule has 1 atom stereocenters. The molecule has 0 aliphatic carbocycles. The van der Waals surface area contributed by atoms with E-state index < -0.39 is 30.4 Å². The van der Waals surface area contributed by atoms with Crippen LogP contribution in [0.4, 0.5) is 17.1 Å². The number of amides is 2. The average molecular weight is 674 g/mol. The summed E-state index contributed by atoms with van der Waals surface area (Å²) in [5.41, 5.74) is 5.10. The molecule has 5 rings (SSSR count). The lowest BCUT2D eigenvalue weighted by Gasteiger charge is -2.32. The fourth-order valence-electron chi connectivity index (χ4n) is 5.16. The Bertz CT molecular complexity index is 1720. The Hall–Kier alpha value is -5.57. The number of ether oxygens (including phenoxy) is 1. The van der Waals surface area contributed by atoms with Gasteiger partial charge in [0, 0.05) is 50.2 Å². The first kappa shape index (κ1) is 36.3. The molecule has 3 aromatic carbocycles. The van der Waals surface area contributed by atoms with Crippen LogP contribution in [0, 0.1) is 0 Å². The van der Waals surface area contributed by atoms with Crippen LogP contribution in [0.1, 0.15) is 27.9 Å². The highest BCUT2D eigenvalue weighted by molar-refractivity contribution is 6.37. The maximum atomic E-state index is 13.2. The predicted molar refractivity (Wildman–Crippen MR) is 183 cm³/mol. The third kappa shape index (κ3) is 9.50. The minimum absolute atomic E-state index is 0.0444. The largest absolute Gasteiger partial charge is 0.481 e. The zero-order valence-corrected chi connectivity index (χ0v) is 27.4. The molecule has 1 fully saturated rings. The van der Waals surface area contributed by atoms with Crippen LogP contribution in [0.2, 0.25) is 0 Å². The summed E-state index contributed by atoms with van der Waals surface area (Å²) in [5, 5.41) is 30.5. The summed E-state index contributed by atoms with van der Waals surface area (Å²) < 4.78 is 4.82. The van der Waals surface area contributed by atoms with E-state index in [-0.39, 0.29) is 11.8 Å². The van der Waals surface area contributed by atoms with Crippen molar-refractivity contribution in [2.24, 2.45) is 0 Å². The zero-order chi connectivity index (χ0) is 35.7. The van der Waals surface area contributed by atoms with Gasteiger partial charge in [0.25, 0.3) is 5.91 Å². The molecule has 49 heavy (non-hydrogen) atoms. The van der Waals surface area contributed by atoms with Gasteiger partial charge in [-0.05, 0) is 49.0 Å². The van der Waals surface area contributed by atoms with Gasteiger partial charge < -0.3 is 40.5 Å². The lowest BCUT2D eigenvalue weighted by atomic mass is 9.99. The van der Waals surface area contributed by atoms with Gasteiger partial charge in [0.15, 0.2) is 6.10 Å². The van der Waals surface area contributed by atoms with Crippen LogP contribution in [0.15, 0.2) is 72.8 Å². The van der Waals surface area contributed by atoms with Crippen LogP contribution in [0.25, 0.3) is 11.3 Å². The fraction of sp³-hybridized carbons (Fsp3) is 0.286. The molecule has 5 N–H and O–H groups in total. The lowest BCUT2D eigenvalue weighted by Crippen LogP contribution is -2.48. The quantitative estimate of drug-likeness (QED) is 0.157. The summed E-state index contributed by atoms with van der Waals surface area (Å²) in [6, 6.07) is 22.2. The zero-order valence-electron chi connectivity index (χ0n) is 27.4. The standard InChI is InChI=1S/C31H33N5O4.C4H6O5/c1-34-15-17-36(18-16-34)20-27(37)35(2)24-12-10-23(11-13-24)32-29(21-7-5-4-6-8-21)28-25-14-9-22(31(39)40-3)19-26(25)33-30(28)38;5-2(4(8)9)1-3(6)7/h4-14,19,32H,15-18,20H2,1-3H3,(H,33,38);2,5H,1H2,(H,6,7)(H,8,9)/b29-28-;.